The highest BCUT2D eigenvalue weighted by Gasteiger charge is 2.39. The van der Waals surface area contributed by atoms with Crippen LogP contribution in [-0.2, 0) is 0 Å². The van der Waals surface area contributed by atoms with E-state index in [2.05, 4.69) is 0 Å². The van der Waals surface area contributed by atoms with Crippen LogP contribution >= 0.6 is 11.6 Å². The van der Waals surface area contributed by atoms with Crippen LogP contribution < -0.4 is 4.74 Å². The van der Waals surface area contributed by atoms with E-state index in [9.17, 15) is 5.11 Å². The van der Waals surface area contributed by atoms with Gasteiger partial charge in [-0.25, -0.2) is 0 Å². The van der Waals surface area contributed by atoms with Crippen molar-refractivity contribution >= 4 is 11.6 Å². The number of fused-ring (bicyclic) bond motifs is 1. The van der Waals surface area contributed by atoms with Gasteiger partial charge in [-0.1, -0.05) is 11.6 Å². The van der Waals surface area contributed by atoms with E-state index in [0.717, 1.165) is 0 Å². The molecule has 0 aliphatic carbocycles. The zero-order chi connectivity index (χ0) is 10.6. The topological polar surface area (TPSA) is 29.5 Å². The van der Waals surface area contributed by atoms with Crippen LogP contribution in [0.5, 0.6) is 5.75 Å². The van der Waals surface area contributed by atoms with Crippen molar-refractivity contribution in [2.75, 3.05) is 0 Å². The lowest BCUT2D eigenvalue weighted by atomic mass is 9.98. The first-order chi connectivity index (χ1) is 6.34. The Balaban J connectivity index is 2.62. The maximum absolute atomic E-state index is 9.98. The van der Waals surface area contributed by atoms with Gasteiger partial charge in [-0.3, -0.25) is 0 Å². The van der Waals surface area contributed by atoms with Crippen molar-refractivity contribution in [2.45, 2.75) is 25.5 Å². The summed E-state index contributed by atoms with van der Waals surface area (Å²) in [5.74, 6) is 0.525. The number of hydrogen-bond donors (Lipinski definition) is 1. The molecule has 70 valence electrons. The Morgan fingerprint density at radius 2 is 2.31 bits per heavy atom. The Hall–Kier alpha value is -0.730. The van der Waals surface area contributed by atoms with E-state index in [0.29, 0.717) is 16.3 Å². The van der Waals surface area contributed by atoms with Crippen molar-refractivity contribution in [2.24, 2.45) is 0 Å². The van der Waals surface area contributed by atoms with Gasteiger partial charge >= 0.3 is 0 Å². The Morgan fingerprint density at radius 3 is 3.00 bits per heavy atom. The first-order valence-electron chi connectivity index (χ1n) is 4.56. The molecule has 0 fully saturated rings. The minimum absolute atomic E-state index is 0.426. The Morgan fingerprint density at radius 1 is 1.62 bits per heavy atom. The van der Waals surface area contributed by atoms with E-state index in [-0.39, 0.29) is 0 Å². The predicted octanol–water partition coefficient (Wildman–Crippen LogP) is 2.54. The summed E-state index contributed by atoms with van der Waals surface area (Å²) in [5, 5.41) is 10.5. The number of rotatable bonds is 0. The maximum atomic E-state index is 9.98. The summed E-state index contributed by atoms with van der Waals surface area (Å²) in [4.78, 5) is 0. The fourth-order valence-corrected chi connectivity index (χ4v) is 1.60. The molecule has 3 heteroatoms. The van der Waals surface area contributed by atoms with Crippen LogP contribution in [-0.4, -0.2) is 10.7 Å². The summed E-state index contributed by atoms with van der Waals surface area (Å²) in [7, 11) is 0. The fraction of sp³-hybridized carbons (Fsp3) is 0.400. The van der Waals surface area contributed by atoms with Crippen LogP contribution in [0, 0.1) is 0 Å². The van der Waals surface area contributed by atoms with Crippen LogP contribution in [0.4, 0.5) is 0 Å². The molecule has 0 radical (unpaired) electrons. The highest BCUT2D eigenvalue weighted by atomic mass is 35.5. The SMILES string of the molecule is [2H]C1(O)c2cc(Cl)ccc2OC1(C)C. The van der Waals surface area contributed by atoms with Gasteiger partial charge in [0, 0.05) is 10.6 Å². The first kappa shape index (κ1) is 7.65. The van der Waals surface area contributed by atoms with E-state index >= 15 is 0 Å². The van der Waals surface area contributed by atoms with Gasteiger partial charge in [0.25, 0.3) is 0 Å². The van der Waals surface area contributed by atoms with Crippen LogP contribution in [0.3, 0.4) is 0 Å². The smallest absolute Gasteiger partial charge is 0.133 e. The van der Waals surface area contributed by atoms with Crippen molar-refractivity contribution in [3.63, 3.8) is 0 Å². The van der Waals surface area contributed by atoms with Gasteiger partial charge in [0.1, 0.15) is 17.4 Å². The molecule has 0 amide bonds. The second kappa shape index (κ2) is 2.63. The molecule has 1 aromatic rings. The molecule has 0 aromatic heterocycles. The zero-order valence-corrected chi connectivity index (χ0v) is 8.22. The van der Waals surface area contributed by atoms with Crippen molar-refractivity contribution < 1.29 is 11.2 Å². The zero-order valence-electron chi connectivity index (χ0n) is 8.47. The van der Waals surface area contributed by atoms with Gasteiger partial charge in [0.2, 0.25) is 0 Å². The van der Waals surface area contributed by atoms with Gasteiger partial charge < -0.3 is 9.84 Å². The third-order valence-corrected chi connectivity index (χ3v) is 2.37. The third kappa shape index (κ3) is 1.30. The van der Waals surface area contributed by atoms with E-state index in [4.69, 9.17) is 17.7 Å². The minimum Gasteiger partial charge on any atom is -0.484 e. The van der Waals surface area contributed by atoms with Crippen LogP contribution in [0.2, 0.25) is 5.02 Å². The summed E-state index contributed by atoms with van der Waals surface area (Å²) >= 11 is 5.79. The Kier molecular flexibility index (Phi) is 1.55. The van der Waals surface area contributed by atoms with Gasteiger partial charge in [0.15, 0.2) is 0 Å². The molecule has 0 bridgehead atoms. The second-order valence-corrected chi connectivity index (χ2v) is 4.04. The fourth-order valence-electron chi connectivity index (χ4n) is 1.42. The summed E-state index contributed by atoms with van der Waals surface area (Å²) in [5.41, 5.74) is -0.519. The summed E-state index contributed by atoms with van der Waals surface area (Å²) in [6, 6.07) is 4.92. The summed E-state index contributed by atoms with van der Waals surface area (Å²) in [6.45, 7) is 3.35. The second-order valence-electron chi connectivity index (χ2n) is 3.60. The predicted molar refractivity (Wildman–Crippen MR) is 51.1 cm³/mol. The monoisotopic (exact) mass is 199 g/mol. The molecule has 1 aliphatic heterocycles. The van der Waals surface area contributed by atoms with Gasteiger partial charge in [-0.05, 0) is 32.0 Å². The Bertz CT molecular complexity index is 388. The molecule has 0 saturated carbocycles. The van der Waals surface area contributed by atoms with E-state index in [1.165, 1.54) is 0 Å². The van der Waals surface area contributed by atoms with E-state index in [1.54, 1.807) is 32.0 Å². The van der Waals surface area contributed by atoms with Crippen LogP contribution in [0.15, 0.2) is 18.2 Å². The molecule has 1 unspecified atom stereocenters. The minimum atomic E-state index is -1.74. The standard InChI is InChI=1S/C10H11ClO2/c1-10(2)9(12)7-5-6(11)3-4-8(7)13-10/h3-5,9,12H,1-2H3/i9D. The lowest BCUT2D eigenvalue weighted by Gasteiger charge is -2.21. The number of benzene rings is 1. The number of halogens is 1. The number of ether oxygens (including phenoxy) is 1. The largest absolute Gasteiger partial charge is 0.484 e. The highest BCUT2D eigenvalue weighted by molar-refractivity contribution is 6.30. The third-order valence-electron chi connectivity index (χ3n) is 2.13. The van der Waals surface area contributed by atoms with E-state index in [1.807, 2.05) is 0 Å². The molecule has 1 atom stereocenters. The molecule has 1 aliphatic rings. The molecular formula is C10H11ClO2. The molecular weight excluding hydrogens is 188 g/mol. The number of hydrogen-bond acceptors (Lipinski definition) is 2. The molecule has 13 heavy (non-hydrogen) atoms. The quantitative estimate of drug-likeness (QED) is 0.696. The van der Waals surface area contributed by atoms with Crippen molar-refractivity contribution in [3.05, 3.63) is 28.8 Å². The first-order valence-corrected chi connectivity index (χ1v) is 4.44. The van der Waals surface area contributed by atoms with Crippen molar-refractivity contribution in [3.8, 4) is 5.75 Å². The maximum Gasteiger partial charge on any atom is 0.133 e. The lowest BCUT2D eigenvalue weighted by molar-refractivity contribution is 0.000557. The van der Waals surface area contributed by atoms with Crippen molar-refractivity contribution in [1.82, 2.24) is 0 Å². The average Bonchev–Trinajstić information content (AvgIpc) is 2.22. The summed E-state index contributed by atoms with van der Waals surface area (Å²) < 4.78 is 13.3. The molecule has 2 nitrogen and oxygen atoms in total. The normalized spacial score (nSPS) is 30.6. The number of aliphatic hydroxyl groups is 1. The molecule has 0 spiro atoms. The average molecular weight is 200 g/mol. The lowest BCUT2D eigenvalue weighted by Crippen LogP contribution is -2.29. The molecule has 2 rings (SSSR count). The van der Waals surface area contributed by atoms with Crippen LogP contribution in [0.1, 0.15) is 26.9 Å². The van der Waals surface area contributed by atoms with E-state index < -0.39 is 11.7 Å². The van der Waals surface area contributed by atoms with Crippen LogP contribution in [0.25, 0.3) is 0 Å². The van der Waals surface area contributed by atoms with Crippen molar-refractivity contribution in [1.29, 1.82) is 0 Å². The Labute approximate surface area is 83.5 Å². The van der Waals surface area contributed by atoms with Gasteiger partial charge in [-0.2, -0.15) is 0 Å². The highest BCUT2D eigenvalue weighted by Crippen LogP contribution is 2.43. The summed E-state index contributed by atoms with van der Waals surface area (Å²) in [6.07, 6.45) is -1.74. The van der Waals surface area contributed by atoms with Gasteiger partial charge in [0.05, 0.1) is 1.37 Å². The molecule has 1 N–H and O–H groups in total. The molecule has 1 aromatic carbocycles. The van der Waals surface area contributed by atoms with Gasteiger partial charge in [-0.15, -0.1) is 0 Å². The molecule has 1 heterocycles. The molecule has 0 saturated heterocycles.